The Morgan fingerprint density at radius 1 is 1.26 bits per heavy atom. The molecule has 0 spiro atoms. The molecule has 0 amide bonds. The van der Waals surface area contributed by atoms with Crippen molar-refractivity contribution >= 4 is 11.6 Å². The summed E-state index contributed by atoms with van der Waals surface area (Å²) in [6, 6.07) is 9.01. The molecule has 2 nitrogen and oxygen atoms in total. The molecule has 1 aliphatic carbocycles. The number of hydrogen-bond acceptors (Lipinski definition) is 2. The minimum absolute atomic E-state index is 0.220. The Bertz CT molecular complexity index is 437. The highest BCUT2D eigenvalue weighted by molar-refractivity contribution is 6.30. The maximum absolute atomic E-state index is 5.97. The fourth-order valence-electron chi connectivity index (χ4n) is 3.13. The van der Waals surface area contributed by atoms with Crippen LogP contribution in [-0.2, 0) is 6.54 Å². The molecule has 1 aromatic carbocycles. The molecule has 3 rings (SSSR count). The van der Waals surface area contributed by atoms with Gasteiger partial charge in [-0.15, -0.1) is 0 Å². The quantitative estimate of drug-likeness (QED) is 0.913. The Hall–Kier alpha value is -0.570. The fraction of sp³-hybridized carbons (Fsp3) is 0.625. The van der Waals surface area contributed by atoms with Gasteiger partial charge in [0.25, 0.3) is 0 Å². The second-order valence-corrected chi connectivity index (χ2v) is 7.14. The third-order valence-electron chi connectivity index (χ3n) is 4.32. The summed E-state index contributed by atoms with van der Waals surface area (Å²) in [5.74, 6) is 0.913. The Morgan fingerprint density at radius 2 is 1.95 bits per heavy atom. The zero-order chi connectivity index (χ0) is 13.5. The first-order valence-corrected chi connectivity index (χ1v) is 7.65. The van der Waals surface area contributed by atoms with Gasteiger partial charge in [0, 0.05) is 36.2 Å². The largest absolute Gasteiger partial charge is 0.309 e. The molecule has 0 bridgehead atoms. The van der Waals surface area contributed by atoms with Crippen molar-refractivity contribution < 1.29 is 0 Å². The lowest BCUT2D eigenvalue weighted by Crippen LogP contribution is -2.61. The first kappa shape index (κ1) is 13.4. The second-order valence-electron chi connectivity index (χ2n) is 6.70. The lowest BCUT2D eigenvalue weighted by molar-refractivity contribution is 0.0759. The summed E-state index contributed by atoms with van der Waals surface area (Å²) < 4.78 is 0. The SMILES string of the molecule is CC1(C)CN(Cc2ccc(Cl)cc2)C(C2CC2)CN1. The smallest absolute Gasteiger partial charge is 0.0406 e. The summed E-state index contributed by atoms with van der Waals surface area (Å²) in [6.07, 6.45) is 2.81. The van der Waals surface area contributed by atoms with E-state index in [0.717, 1.165) is 30.6 Å². The van der Waals surface area contributed by atoms with E-state index in [1.807, 2.05) is 12.1 Å². The molecular formula is C16H23ClN2. The fourth-order valence-corrected chi connectivity index (χ4v) is 3.26. The lowest BCUT2D eigenvalue weighted by atomic mass is 9.96. The van der Waals surface area contributed by atoms with E-state index >= 15 is 0 Å². The molecule has 2 fully saturated rings. The molecule has 1 saturated heterocycles. The normalized spacial score (nSPS) is 27.4. The van der Waals surface area contributed by atoms with Gasteiger partial charge in [-0.25, -0.2) is 0 Å². The van der Waals surface area contributed by atoms with Crippen molar-refractivity contribution in [3.63, 3.8) is 0 Å². The number of piperazine rings is 1. The highest BCUT2D eigenvalue weighted by Gasteiger charge is 2.40. The number of nitrogens with one attached hydrogen (secondary N) is 1. The van der Waals surface area contributed by atoms with Crippen LogP contribution in [0.2, 0.25) is 5.02 Å². The van der Waals surface area contributed by atoms with Crippen molar-refractivity contribution in [3.05, 3.63) is 34.9 Å². The zero-order valence-electron chi connectivity index (χ0n) is 11.8. The van der Waals surface area contributed by atoms with Gasteiger partial charge in [0.2, 0.25) is 0 Å². The van der Waals surface area contributed by atoms with Gasteiger partial charge < -0.3 is 5.32 Å². The van der Waals surface area contributed by atoms with Gasteiger partial charge in [0.05, 0.1) is 0 Å². The molecular weight excluding hydrogens is 256 g/mol. The molecule has 1 atom stereocenters. The molecule has 1 heterocycles. The van der Waals surface area contributed by atoms with Crippen molar-refractivity contribution in [1.29, 1.82) is 0 Å². The third-order valence-corrected chi connectivity index (χ3v) is 4.57. The molecule has 104 valence electrons. The minimum Gasteiger partial charge on any atom is -0.309 e. The molecule has 1 N–H and O–H groups in total. The highest BCUT2D eigenvalue weighted by atomic mass is 35.5. The van der Waals surface area contributed by atoms with Gasteiger partial charge in [0.15, 0.2) is 0 Å². The van der Waals surface area contributed by atoms with Crippen molar-refractivity contribution in [2.45, 2.75) is 44.8 Å². The van der Waals surface area contributed by atoms with Crippen LogP contribution in [0.25, 0.3) is 0 Å². The second kappa shape index (κ2) is 5.08. The standard InChI is InChI=1S/C16H23ClN2/c1-16(2)11-19(15(9-18-16)13-5-6-13)10-12-3-7-14(17)8-4-12/h3-4,7-8,13,15,18H,5-6,9-11H2,1-2H3. The number of halogens is 1. The van der Waals surface area contributed by atoms with E-state index < -0.39 is 0 Å². The molecule has 1 aliphatic heterocycles. The van der Waals surface area contributed by atoms with E-state index in [9.17, 15) is 0 Å². The third kappa shape index (κ3) is 3.31. The monoisotopic (exact) mass is 278 g/mol. The number of nitrogens with zero attached hydrogens (tertiary/aromatic N) is 1. The zero-order valence-corrected chi connectivity index (χ0v) is 12.6. The maximum Gasteiger partial charge on any atom is 0.0406 e. The first-order chi connectivity index (χ1) is 9.03. The van der Waals surface area contributed by atoms with Gasteiger partial charge in [-0.3, -0.25) is 4.90 Å². The van der Waals surface area contributed by atoms with E-state index in [4.69, 9.17) is 11.6 Å². The van der Waals surface area contributed by atoms with E-state index in [1.54, 1.807) is 0 Å². The van der Waals surface area contributed by atoms with Gasteiger partial charge in [-0.1, -0.05) is 23.7 Å². The summed E-state index contributed by atoms with van der Waals surface area (Å²) in [6.45, 7) is 7.89. The summed E-state index contributed by atoms with van der Waals surface area (Å²) in [7, 11) is 0. The van der Waals surface area contributed by atoms with Crippen LogP contribution in [0.5, 0.6) is 0 Å². The topological polar surface area (TPSA) is 15.3 Å². The van der Waals surface area contributed by atoms with Crippen LogP contribution < -0.4 is 5.32 Å². The molecule has 19 heavy (non-hydrogen) atoms. The van der Waals surface area contributed by atoms with Crippen molar-refractivity contribution in [3.8, 4) is 0 Å². The Balaban J connectivity index is 1.73. The van der Waals surface area contributed by atoms with Gasteiger partial charge in [-0.05, 0) is 50.3 Å². The maximum atomic E-state index is 5.97. The van der Waals surface area contributed by atoms with E-state index in [0.29, 0.717) is 6.04 Å². The van der Waals surface area contributed by atoms with Gasteiger partial charge >= 0.3 is 0 Å². The molecule has 0 aromatic heterocycles. The van der Waals surface area contributed by atoms with Crippen molar-refractivity contribution in [2.75, 3.05) is 13.1 Å². The molecule has 1 saturated carbocycles. The number of benzene rings is 1. The van der Waals surface area contributed by atoms with Crippen molar-refractivity contribution in [1.82, 2.24) is 10.2 Å². The van der Waals surface area contributed by atoms with Crippen LogP contribution in [0.3, 0.4) is 0 Å². The summed E-state index contributed by atoms with van der Waals surface area (Å²) in [4.78, 5) is 2.66. The average Bonchev–Trinajstić information content (AvgIpc) is 3.15. The first-order valence-electron chi connectivity index (χ1n) is 7.27. The summed E-state index contributed by atoms with van der Waals surface area (Å²) in [5.41, 5.74) is 1.59. The predicted molar refractivity (Wildman–Crippen MR) is 80.5 cm³/mol. The van der Waals surface area contributed by atoms with E-state index in [2.05, 4.69) is 36.2 Å². The Kier molecular flexibility index (Phi) is 3.59. The summed E-state index contributed by atoms with van der Waals surface area (Å²) >= 11 is 5.97. The van der Waals surface area contributed by atoms with Crippen LogP contribution >= 0.6 is 11.6 Å². The van der Waals surface area contributed by atoms with Gasteiger partial charge in [0.1, 0.15) is 0 Å². The van der Waals surface area contributed by atoms with E-state index in [-0.39, 0.29) is 5.54 Å². The number of rotatable bonds is 3. The predicted octanol–water partition coefficient (Wildman–Crippen LogP) is 3.30. The Morgan fingerprint density at radius 3 is 2.58 bits per heavy atom. The van der Waals surface area contributed by atoms with Crippen LogP contribution in [-0.4, -0.2) is 29.6 Å². The van der Waals surface area contributed by atoms with Crippen LogP contribution in [0.15, 0.2) is 24.3 Å². The average molecular weight is 279 g/mol. The van der Waals surface area contributed by atoms with Crippen LogP contribution in [0, 0.1) is 5.92 Å². The molecule has 1 aromatic rings. The highest BCUT2D eigenvalue weighted by Crippen LogP contribution is 2.37. The Labute approximate surface area is 121 Å². The van der Waals surface area contributed by atoms with Gasteiger partial charge in [-0.2, -0.15) is 0 Å². The minimum atomic E-state index is 0.220. The van der Waals surface area contributed by atoms with Crippen LogP contribution in [0.1, 0.15) is 32.3 Å². The molecule has 0 radical (unpaired) electrons. The van der Waals surface area contributed by atoms with E-state index in [1.165, 1.54) is 18.4 Å². The summed E-state index contributed by atoms with van der Waals surface area (Å²) in [5, 5.41) is 4.51. The van der Waals surface area contributed by atoms with Crippen LogP contribution in [0.4, 0.5) is 0 Å². The molecule has 3 heteroatoms. The number of hydrogen-bond donors (Lipinski definition) is 1. The van der Waals surface area contributed by atoms with Crippen molar-refractivity contribution in [2.24, 2.45) is 5.92 Å². The molecule has 1 unspecified atom stereocenters. The molecule has 2 aliphatic rings. The lowest BCUT2D eigenvalue weighted by Gasteiger charge is -2.45.